The number of anilines is 1. The summed E-state index contributed by atoms with van der Waals surface area (Å²) in [6, 6.07) is 11.1. The van der Waals surface area contributed by atoms with Crippen LogP contribution in [0.4, 0.5) is 5.69 Å². The molecule has 28 heavy (non-hydrogen) atoms. The number of hydrogen-bond acceptors (Lipinski definition) is 7. The number of benzene rings is 2. The van der Waals surface area contributed by atoms with E-state index in [0.29, 0.717) is 11.3 Å². The molecule has 0 unspecified atom stereocenters. The summed E-state index contributed by atoms with van der Waals surface area (Å²) in [4.78, 5) is 12.2. The van der Waals surface area contributed by atoms with Gasteiger partial charge >= 0.3 is 0 Å². The van der Waals surface area contributed by atoms with Crippen LogP contribution >= 0.6 is 0 Å². The number of phenolic OH excluding ortho intramolecular Hbond substituents is 1. The van der Waals surface area contributed by atoms with Crippen molar-refractivity contribution in [3.8, 4) is 17.2 Å². The predicted octanol–water partition coefficient (Wildman–Crippen LogP) is 1.33. The van der Waals surface area contributed by atoms with E-state index in [4.69, 9.17) is 9.47 Å². The van der Waals surface area contributed by atoms with Gasteiger partial charge in [-0.2, -0.15) is 5.10 Å². The highest BCUT2D eigenvalue weighted by Crippen LogP contribution is 2.28. The fourth-order valence-electron chi connectivity index (χ4n) is 2.31. The van der Waals surface area contributed by atoms with E-state index < -0.39 is 22.5 Å². The number of para-hydroxylation sites is 1. The molecule has 0 atom stereocenters. The van der Waals surface area contributed by atoms with Gasteiger partial charge in [0.05, 0.1) is 32.4 Å². The average Bonchev–Trinajstić information content (AvgIpc) is 2.66. The molecule has 0 aromatic heterocycles. The van der Waals surface area contributed by atoms with Crippen LogP contribution in [-0.2, 0) is 14.8 Å². The second-order valence-electron chi connectivity index (χ2n) is 5.66. The quantitative estimate of drug-likeness (QED) is 0.503. The average molecular weight is 407 g/mol. The maximum absolute atomic E-state index is 12.2. The molecule has 0 heterocycles. The van der Waals surface area contributed by atoms with Crippen LogP contribution in [0.25, 0.3) is 0 Å². The number of carbonyl (C=O) groups is 1. The minimum absolute atomic E-state index is 0.128. The lowest BCUT2D eigenvalue weighted by molar-refractivity contribution is -0.119. The van der Waals surface area contributed by atoms with Gasteiger partial charge in [-0.3, -0.25) is 9.10 Å². The van der Waals surface area contributed by atoms with E-state index in [1.807, 2.05) is 0 Å². The number of nitrogens with zero attached hydrogens (tertiary/aromatic N) is 2. The van der Waals surface area contributed by atoms with Crippen molar-refractivity contribution in [2.75, 3.05) is 31.3 Å². The van der Waals surface area contributed by atoms with E-state index in [9.17, 15) is 18.3 Å². The second-order valence-corrected chi connectivity index (χ2v) is 7.57. The Labute approximate surface area is 163 Å². The summed E-state index contributed by atoms with van der Waals surface area (Å²) in [6.07, 6.45) is 2.23. The molecule has 0 aliphatic heterocycles. The molecule has 150 valence electrons. The molecule has 0 fully saturated rings. The van der Waals surface area contributed by atoms with Gasteiger partial charge in [-0.25, -0.2) is 13.8 Å². The minimum Gasteiger partial charge on any atom is -0.504 e. The lowest BCUT2D eigenvalue weighted by Gasteiger charge is -2.21. The van der Waals surface area contributed by atoms with Crippen molar-refractivity contribution < 1.29 is 27.8 Å². The number of amides is 1. The Morgan fingerprint density at radius 2 is 1.93 bits per heavy atom. The maximum atomic E-state index is 12.2. The summed E-state index contributed by atoms with van der Waals surface area (Å²) in [5.41, 5.74) is 2.85. The van der Waals surface area contributed by atoms with Gasteiger partial charge in [0, 0.05) is 11.6 Å². The molecule has 9 nitrogen and oxygen atoms in total. The zero-order valence-electron chi connectivity index (χ0n) is 15.6. The number of ether oxygens (including phenoxy) is 2. The summed E-state index contributed by atoms with van der Waals surface area (Å²) in [5, 5.41) is 13.7. The van der Waals surface area contributed by atoms with Gasteiger partial charge in [-0.1, -0.05) is 12.1 Å². The summed E-state index contributed by atoms with van der Waals surface area (Å²) < 4.78 is 35.2. The van der Waals surface area contributed by atoms with Crippen molar-refractivity contribution in [1.82, 2.24) is 5.43 Å². The summed E-state index contributed by atoms with van der Waals surface area (Å²) in [7, 11) is -0.852. The van der Waals surface area contributed by atoms with Crippen molar-refractivity contribution in [3.05, 3.63) is 48.0 Å². The molecule has 2 aromatic carbocycles. The zero-order valence-corrected chi connectivity index (χ0v) is 16.4. The highest BCUT2D eigenvalue weighted by molar-refractivity contribution is 7.92. The molecule has 2 rings (SSSR count). The molecule has 0 spiro atoms. The Hall–Kier alpha value is -3.27. The summed E-state index contributed by atoms with van der Waals surface area (Å²) >= 11 is 0. The van der Waals surface area contributed by atoms with Crippen LogP contribution in [0, 0.1) is 0 Å². The number of phenols is 1. The Morgan fingerprint density at radius 3 is 2.57 bits per heavy atom. The summed E-state index contributed by atoms with van der Waals surface area (Å²) in [6.45, 7) is -0.479. The van der Waals surface area contributed by atoms with Crippen LogP contribution in [0.5, 0.6) is 17.2 Å². The molecule has 0 saturated carbocycles. The third kappa shape index (κ3) is 5.36. The molecule has 0 bridgehead atoms. The van der Waals surface area contributed by atoms with Gasteiger partial charge in [0.25, 0.3) is 5.91 Å². The second kappa shape index (κ2) is 9.09. The number of hydrazone groups is 1. The van der Waals surface area contributed by atoms with Gasteiger partial charge in [0.1, 0.15) is 12.3 Å². The van der Waals surface area contributed by atoms with Crippen molar-refractivity contribution in [2.45, 2.75) is 0 Å². The van der Waals surface area contributed by atoms with Crippen molar-refractivity contribution in [2.24, 2.45) is 5.10 Å². The first-order valence-corrected chi connectivity index (χ1v) is 9.90. The standard InChI is InChI=1S/C18H21N3O6S/c1-26-15-8-5-7-14(10-15)21(28(3,24)25)12-17(22)20-19-11-13-6-4-9-16(27-2)18(13)23/h4-11,23H,12H2,1-3H3,(H,20,22)/b19-11-. The zero-order chi connectivity index (χ0) is 20.7. The molecular formula is C18H21N3O6S. The number of methoxy groups -OCH3 is 2. The van der Waals surface area contributed by atoms with E-state index in [1.54, 1.807) is 36.4 Å². The smallest absolute Gasteiger partial charge is 0.260 e. The number of carbonyl (C=O) groups excluding carboxylic acids is 1. The first-order chi connectivity index (χ1) is 13.3. The Kier molecular flexibility index (Phi) is 6.83. The first-order valence-electron chi connectivity index (χ1n) is 8.06. The fourth-order valence-corrected chi connectivity index (χ4v) is 3.16. The predicted molar refractivity (Wildman–Crippen MR) is 106 cm³/mol. The van der Waals surface area contributed by atoms with E-state index in [1.165, 1.54) is 26.5 Å². The number of hydrogen-bond donors (Lipinski definition) is 2. The molecule has 0 aliphatic rings. The molecular weight excluding hydrogens is 386 g/mol. The van der Waals surface area contributed by atoms with Crippen LogP contribution in [0.1, 0.15) is 5.56 Å². The van der Waals surface area contributed by atoms with Crippen LogP contribution in [0.15, 0.2) is 47.6 Å². The van der Waals surface area contributed by atoms with Crippen molar-refractivity contribution in [3.63, 3.8) is 0 Å². The molecule has 0 radical (unpaired) electrons. The van der Waals surface area contributed by atoms with Crippen LogP contribution in [0.3, 0.4) is 0 Å². The number of sulfonamides is 1. The fraction of sp³-hybridized carbons (Fsp3) is 0.222. The highest BCUT2D eigenvalue weighted by atomic mass is 32.2. The molecule has 2 aromatic rings. The molecule has 1 amide bonds. The topological polar surface area (TPSA) is 118 Å². The van der Waals surface area contributed by atoms with E-state index >= 15 is 0 Å². The van der Waals surface area contributed by atoms with Gasteiger partial charge in [-0.05, 0) is 24.3 Å². The lowest BCUT2D eigenvalue weighted by atomic mass is 10.2. The lowest BCUT2D eigenvalue weighted by Crippen LogP contribution is -2.39. The van der Waals surface area contributed by atoms with E-state index in [0.717, 1.165) is 10.6 Å². The Bertz CT molecular complexity index is 975. The summed E-state index contributed by atoms with van der Waals surface area (Å²) in [5.74, 6) is -0.0707. The van der Waals surface area contributed by atoms with Gasteiger partial charge in [0.15, 0.2) is 11.5 Å². The number of rotatable bonds is 8. The van der Waals surface area contributed by atoms with Crippen LogP contribution in [0.2, 0.25) is 0 Å². The SMILES string of the molecule is COc1cccc(N(CC(=O)N/N=C\c2cccc(OC)c2O)S(C)(=O)=O)c1. The van der Waals surface area contributed by atoms with Crippen LogP contribution in [-0.4, -0.2) is 52.7 Å². The normalized spacial score (nSPS) is 11.2. The first kappa shape index (κ1) is 21.0. The number of aromatic hydroxyl groups is 1. The third-order valence-electron chi connectivity index (χ3n) is 3.67. The Morgan fingerprint density at radius 1 is 1.21 bits per heavy atom. The van der Waals surface area contributed by atoms with Gasteiger partial charge < -0.3 is 14.6 Å². The maximum Gasteiger partial charge on any atom is 0.260 e. The van der Waals surface area contributed by atoms with Crippen molar-refractivity contribution >= 4 is 27.8 Å². The van der Waals surface area contributed by atoms with Crippen LogP contribution < -0.4 is 19.2 Å². The number of nitrogens with one attached hydrogen (secondary N) is 1. The largest absolute Gasteiger partial charge is 0.504 e. The Balaban J connectivity index is 2.12. The van der Waals surface area contributed by atoms with Gasteiger partial charge in [-0.15, -0.1) is 0 Å². The molecule has 10 heteroatoms. The van der Waals surface area contributed by atoms with Gasteiger partial charge in [0.2, 0.25) is 10.0 Å². The highest BCUT2D eigenvalue weighted by Gasteiger charge is 2.21. The minimum atomic E-state index is -3.72. The monoisotopic (exact) mass is 407 g/mol. The third-order valence-corrected chi connectivity index (χ3v) is 4.81. The molecule has 0 aliphatic carbocycles. The van der Waals surface area contributed by atoms with Crippen molar-refractivity contribution in [1.29, 1.82) is 0 Å². The van der Waals surface area contributed by atoms with E-state index in [2.05, 4.69) is 10.5 Å². The molecule has 2 N–H and O–H groups in total. The van der Waals surface area contributed by atoms with E-state index in [-0.39, 0.29) is 17.2 Å². The molecule has 0 saturated heterocycles.